The molecule has 5 heteroatoms. The van der Waals surface area contributed by atoms with Crippen LogP contribution in [-0.4, -0.2) is 31.2 Å². The fraction of sp³-hybridized carbons (Fsp3) is 0.600. The standard InChI is InChI=1S/C5H8N2O2S/c1-9-2-4-3-10-7-5(8)6-4/h2-3H2,1H3,(H,7,8). The van der Waals surface area contributed by atoms with Crippen molar-refractivity contribution in [3.8, 4) is 0 Å². The first-order chi connectivity index (χ1) is 4.83. The molecule has 0 aromatic carbocycles. The van der Waals surface area contributed by atoms with Crippen molar-refractivity contribution < 1.29 is 9.53 Å². The summed E-state index contributed by atoms with van der Waals surface area (Å²) in [5.74, 6) is 0.722. The van der Waals surface area contributed by atoms with Gasteiger partial charge in [0.2, 0.25) is 0 Å². The molecule has 0 bridgehead atoms. The zero-order chi connectivity index (χ0) is 7.40. The van der Waals surface area contributed by atoms with Gasteiger partial charge >= 0.3 is 6.03 Å². The van der Waals surface area contributed by atoms with Gasteiger partial charge in [-0.05, 0) is 11.9 Å². The Labute approximate surface area is 63.2 Å². The van der Waals surface area contributed by atoms with Gasteiger partial charge in [-0.3, -0.25) is 4.72 Å². The Morgan fingerprint density at radius 3 is 3.30 bits per heavy atom. The average Bonchev–Trinajstić information content (AvgIpc) is 1.88. The number of rotatable bonds is 2. The van der Waals surface area contributed by atoms with Gasteiger partial charge in [0.25, 0.3) is 0 Å². The normalized spacial score (nSPS) is 18.1. The van der Waals surface area contributed by atoms with E-state index in [2.05, 4.69) is 9.71 Å². The summed E-state index contributed by atoms with van der Waals surface area (Å²) in [5.41, 5.74) is 0.788. The highest BCUT2D eigenvalue weighted by molar-refractivity contribution is 7.98. The minimum absolute atomic E-state index is 0.289. The van der Waals surface area contributed by atoms with E-state index in [4.69, 9.17) is 4.74 Å². The van der Waals surface area contributed by atoms with E-state index in [1.54, 1.807) is 7.11 Å². The average molecular weight is 160 g/mol. The van der Waals surface area contributed by atoms with Gasteiger partial charge in [-0.2, -0.15) is 4.99 Å². The number of aliphatic imine (C=N–C) groups is 1. The molecule has 0 radical (unpaired) electrons. The quantitative estimate of drug-likeness (QED) is 0.596. The highest BCUT2D eigenvalue weighted by Gasteiger charge is 2.09. The van der Waals surface area contributed by atoms with Crippen molar-refractivity contribution in [3.05, 3.63) is 0 Å². The van der Waals surface area contributed by atoms with Crippen molar-refractivity contribution in [3.63, 3.8) is 0 Å². The predicted molar refractivity (Wildman–Crippen MR) is 40.3 cm³/mol. The molecular formula is C5H8N2O2S. The molecule has 2 amide bonds. The van der Waals surface area contributed by atoms with Crippen LogP contribution in [0.5, 0.6) is 0 Å². The number of nitrogens with one attached hydrogen (secondary N) is 1. The number of carbonyl (C=O) groups is 1. The molecular weight excluding hydrogens is 152 g/mol. The molecule has 0 aromatic rings. The lowest BCUT2D eigenvalue weighted by Gasteiger charge is -2.09. The van der Waals surface area contributed by atoms with Crippen molar-refractivity contribution in [1.29, 1.82) is 0 Å². The van der Waals surface area contributed by atoms with Gasteiger partial charge in [0.15, 0.2) is 0 Å². The second-order valence-corrected chi connectivity index (χ2v) is 2.59. The molecule has 0 aliphatic carbocycles. The first-order valence-electron chi connectivity index (χ1n) is 2.80. The molecule has 56 valence electrons. The third kappa shape index (κ3) is 2.00. The molecule has 0 atom stereocenters. The van der Waals surface area contributed by atoms with Crippen LogP contribution in [0.25, 0.3) is 0 Å². The van der Waals surface area contributed by atoms with E-state index in [0.29, 0.717) is 6.61 Å². The Morgan fingerprint density at radius 2 is 2.70 bits per heavy atom. The molecule has 0 saturated heterocycles. The van der Waals surface area contributed by atoms with Crippen LogP contribution in [0.15, 0.2) is 4.99 Å². The summed E-state index contributed by atoms with van der Waals surface area (Å²) in [5, 5.41) is 0. The molecule has 0 fully saturated rings. The molecule has 0 unspecified atom stereocenters. The van der Waals surface area contributed by atoms with Crippen LogP contribution < -0.4 is 4.72 Å². The van der Waals surface area contributed by atoms with Gasteiger partial charge in [0.05, 0.1) is 18.1 Å². The van der Waals surface area contributed by atoms with E-state index in [1.807, 2.05) is 0 Å². The van der Waals surface area contributed by atoms with Gasteiger partial charge in [-0.25, -0.2) is 4.79 Å². The highest BCUT2D eigenvalue weighted by atomic mass is 32.2. The van der Waals surface area contributed by atoms with Gasteiger partial charge in [0.1, 0.15) is 0 Å². The van der Waals surface area contributed by atoms with E-state index < -0.39 is 0 Å². The van der Waals surface area contributed by atoms with E-state index >= 15 is 0 Å². The van der Waals surface area contributed by atoms with Crippen LogP contribution >= 0.6 is 11.9 Å². The Bertz CT molecular complexity index is 169. The molecule has 1 N–H and O–H groups in total. The number of nitrogens with zero attached hydrogens (tertiary/aromatic N) is 1. The summed E-state index contributed by atoms with van der Waals surface area (Å²) < 4.78 is 7.31. The number of carbonyl (C=O) groups excluding carboxylic acids is 1. The van der Waals surface area contributed by atoms with E-state index in [9.17, 15) is 4.79 Å². The Hall–Kier alpha value is -0.550. The number of urea groups is 1. The van der Waals surface area contributed by atoms with E-state index in [1.165, 1.54) is 11.9 Å². The summed E-state index contributed by atoms with van der Waals surface area (Å²) >= 11 is 1.34. The van der Waals surface area contributed by atoms with Crippen molar-refractivity contribution in [2.45, 2.75) is 0 Å². The first-order valence-corrected chi connectivity index (χ1v) is 3.78. The molecule has 1 aliphatic rings. The molecule has 4 nitrogen and oxygen atoms in total. The zero-order valence-electron chi connectivity index (χ0n) is 5.59. The van der Waals surface area contributed by atoms with Crippen LogP contribution in [0.1, 0.15) is 0 Å². The second kappa shape index (κ2) is 3.58. The van der Waals surface area contributed by atoms with Crippen LogP contribution in [0.2, 0.25) is 0 Å². The second-order valence-electron chi connectivity index (χ2n) is 1.81. The summed E-state index contributed by atoms with van der Waals surface area (Å²) in [4.78, 5) is 14.3. The van der Waals surface area contributed by atoms with E-state index in [-0.39, 0.29) is 6.03 Å². The van der Waals surface area contributed by atoms with E-state index in [0.717, 1.165) is 11.5 Å². The Balaban J connectivity index is 2.49. The molecule has 1 rings (SSSR count). The molecule has 0 spiro atoms. The van der Waals surface area contributed by atoms with Crippen LogP contribution in [0.4, 0.5) is 4.79 Å². The number of methoxy groups -OCH3 is 1. The fourth-order valence-electron chi connectivity index (χ4n) is 0.620. The minimum Gasteiger partial charge on any atom is -0.379 e. The monoisotopic (exact) mass is 160 g/mol. The zero-order valence-corrected chi connectivity index (χ0v) is 6.40. The maximum absolute atomic E-state index is 10.6. The maximum Gasteiger partial charge on any atom is 0.350 e. The van der Waals surface area contributed by atoms with Crippen molar-refractivity contribution in [2.24, 2.45) is 4.99 Å². The first kappa shape index (κ1) is 7.56. The Morgan fingerprint density at radius 1 is 1.90 bits per heavy atom. The van der Waals surface area contributed by atoms with Crippen molar-refractivity contribution >= 4 is 23.7 Å². The smallest absolute Gasteiger partial charge is 0.350 e. The van der Waals surface area contributed by atoms with Gasteiger partial charge in [-0.15, -0.1) is 0 Å². The van der Waals surface area contributed by atoms with Gasteiger partial charge in [-0.1, -0.05) is 0 Å². The molecule has 1 aliphatic heterocycles. The largest absolute Gasteiger partial charge is 0.379 e. The number of ether oxygens (including phenoxy) is 1. The molecule has 0 aromatic heterocycles. The maximum atomic E-state index is 10.6. The fourth-order valence-corrected chi connectivity index (χ4v) is 1.18. The molecule has 1 heterocycles. The van der Waals surface area contributed by atoms with Gasteiger partial charge < -0.3 is 4.74 Å². The third-order valence-electron chi connectivity index (χ3n) is 0.969. The van der Waals surface area contributed by atoms with Crippen LogP contribution in [-0.2, 0) is 4.74 Å². The Kier molecular flexibility index (Phi) is 2.70. The number of hydrogen-bond acceptors (Lipinski definition) is 3. The lowest BCUT2D eigenvalue weighted by atomic mass is 10.4. The highest BCUT2D eigenvalue weighted by Crippen LogP contribution is 2.02. The molecule has 10 heavy (non-hydrogen) atoms. The van der Waals surface area contributed by atoms with Crippen LogP contribution in [0, 0.1) is 0 Å². The SMILES string of the molecule is COCC1=NC(=O)NSC1. The third-order valence-corrected chi connectivity index (χ3v) is 1.77. The van der Waals surface area contributed by atoms with Crippen LogP contribution in [0.3, 0.4) is 0 Å². The lowest BCUT2D eigenvalue weighted by molar-refractivity contribution is 0.242. The summed E-state index contributed by atoms with van der Waals surface area (Å²) in [6.45, 7) is 0.445. The predicted octanol–water partition coefficient (Wildman–Crippen LogP) is 0.445. The number of hydrogen-bond donors (Lipinski definition) is 1. The number of amides is 2. The summed E-state index contributed by atoms with van der Waals surface area (Å²) in [6.07, 6.45) is 0. The summed E-state index contributed by atoms with van der Waals surface area (Å²) in [6, 6.07) is -0.289. The topological polar surface area (TPSA) is 50.7 Å². The summed E-state index contributed by atoms with van der Waals surface area (Å²) in [7, 11) is 1.58. The lowest BCUT2D eigenvalue weighted by Crippen LogP contribution is -2.25. The van der Waals surface area contributed by atoms with Gasteiger partial charge in [0, 0.05) is 7.11 Å². The minimum atomic E-state index is -0.289. The van der Waals surface area contributed by atoms with Crippen molar-refractivity contribution in [2.75, 3.05) is 19.5 Å². The van der Waals surface area contributed by atoms with Crippen molar-refractivity contribution in [1.82, 2.24) is 4.72 Å². The molecule has 0 saturated carbocycles.